The van der Waals surface area contributed by atoms with Gasteiger partial charge in [-0.15, -0.1) is 0 Å². The van der Waals surface area contributed by atoms with Crippen LogP contribution in [0.1, 0.15) is 29.4 Å². The van der Waals surface area contributed by atoms with Gasteiger partial charge < -0.3 is 10.3 Å². The van der Waals surface area contributed by atoms with E-state index in [9.17, 15) is 13.2 Å². The van der Waals surface area contributed by atoms with Crippen molar-refractivity contribution in [1.82, 2.24) is 10.3 Å². The van der Waals surface area contributed by atoms with E-state index in [2.05, 4.69) is 10.3 Å². The molecule has 1 atom stereocenters. The highest BCUT2D eigenvalue weighted by atomic mass is 32.2. The predicted molar refractivity (Wildman–Crippen MR) is 82.2 cm³/mol. The number of sulfone groups is 1. The molecule has 0 aliphatic carbocycles. The number of aromatic nitrogens is 1. The summed E-state index contributed by atoms with van der Waals surface area (Å²) in [4.78, 5) is 15.4. The molecule has 112 valence electrons. The molecule has 0 radical (unpaired) electrons. The van der Waals surface area contributed by atoms with Crippen molar-refractivity contribution in [3.63, 3.8) is 0 Å². The average Bonchev–Trinajstić information content (AvgIpc) is 2.90. The van der Waals surface area contributed by atoms with Crippen LogP contribution < -0.4 is 5.32 Å². The van der Waals surface area contributed by atoms with Gasteiger partial charge in [0.2, 0.25) is 0 Å². The standard InChI is InChI=1S/C15H18N2O3S/c1-10-3-4-11-8-13(16-12(11)7-10)14(18)17-15(2)5-6-21(19,20)9-15/h3-4,7-8,16H,5-6,9H2,1-2H3,(H,17,18). The number of aromatic amines is 1. The molecule has 1 aromatic heterocycles. The lowest BCUT2D eigenvalue weighted by Crippen LogP contribution is -2.47. The fourth-order valence-corrected chi connectivity index (χ4v) is 4.91. The molecule has 2 aromatic rings. The highest BCUT2D eigenvalue weighted by Gasteiger charge is 2.39. The van der Waals surface area contributed by atoms with Crippen molar-refractivity contribution in [3.8, 4) is 0 Å². The summed E-state index contributed by atoms with van der Waals surface area (Å²) in [5, 5.41) is 3.82. The van der Waals surface area contributed by atoms with Crippen LogP contribution in [-0.2, 0) is 9.84 Å². The molecule has 0 saturated carbocycles. The Balaban J connectivity index is 1.84. The summed E-state index contributed by atoms with van der Waals surface area (Å²) < 4.78 is 23.2. The minimum Gasteiger partial charge on any atom is -0.351 e. The van der Waals surface area contributed by atoms with Gasteiger partial charge in [-0.3, -0.25) is 4.79 Å². The maximum absolute atomic E-state index is 12.3. The summed E-state index contributed by atoms with van der Waals surface area (Å²) in [6.07, 6.45) is 0.459. The SMILES string of the molecule is Cc1ccc2cc(C(=O)NC3(C)CCS(=O)(=O)C3)[nH]c2c1. The summed E-state index contributed by atoms with van der Waals surface area (Å²) >= 11 is 0. The second-order valence-electron chi connectivity index (χ2n) is 6.13. The maximum Gasteiger partial charge on any atom is 0.268 e. The van der Waals surface area contributed by atoms with Gasteiger partial charge in [-0.25, -0.2) is 8.42 Å². The first-order chi connectivity index (χ1) is 9.76. The zero-order valence-corrected chi connectivity index (χ0v) is 12.9. The van der Waals surface area contributed by atoms with E-state index in [1.54, 1.807) is 13.0 Å². The molecule has 6 heteroatoms. The second kappa shape index (κ2) is 4.59. The van der Waals surface area contributed by atoms with Crippen LogP contribution in [0.4, 0.5) is 0 Å². The van der Waals surface area contributed by atoms with E-state index in [1.807, 2.05) is 25.1 Å². The molecule has 0 spiro atoms. The molecule has 5 nitrogen and oxygen atoms in total. The van der Waals surface area contributed by atoms with Crippen LogP contribution in [-0.4, -0.2) is 36.4 Å². The lowest BCUT2D eigenvalue weighted by Gasteiger charge is -2.23. The van der Waals surface area contributed by atoms with Crippen molar-refractivity contribution in [3.05, 3.63) is 35.5 Å². The first kappa shape index (κ1) is 14.1. The third-order valence-electron chi connectivity index (χ3n) is 3.94. The first-order valence-electron chi connectivity index (χ1n) is 6.89. The Labute approximate surface area is 123 Å². The molecule has 1 fully saturated rings. The molecule has 1 aliphatic heterocycles. The average molecular weight is 306 g/mol. The Hall–Kier alpha value is -1.82. The maximum atomic E-state index is 12.3. The van der Waals surface area contributed by atoms with Crippen molar-refractivity contribution >= 4 is 26.6 Å². The Morgan fingerprint density at radius 3 is 2.76 bits per heavy atom. The molecule has 1 aromatic carbocycles. The topological polar surface area (TPSA) is 79.0 Å². The number of aryl methyl sites for hydroxylation is 1. The van der Waals surface area contributed by atoms with Gasteiger partial charge in [0.05, 0.1) is 17.0 Å². The van der Waals surface area contributed by atoms with Crippen molar-refractivity contribution in [2.24, 2.45) is 0 Å². The summed E-state index contributed by atoms with van der Waals surface area (Å²) in [5.41, 5.74) is 1.80. The minimum atomic E-state index is -3.04. The van der Waals surface area contributed by atoms with Gasteiger partial charge >= 0.3 is 0 Å². The van der Waals surface area contributed by atoms with E-state index in [0.717, 1.165) is 16.5 Å². The van der Waals surface area contributed by atoms with Crippen molar-refractivity contribution in [2.75, 3.05) is 11.5 Å². The van der Waals surface area contributed by atoms with Crippen molar-refractivity contribution in [1.29, 1.82) is 0 Å². The highest BCUT2D eigenvalue weighted by molar-refractivity contribution is 7.91. The van der Waals surface area contributed by atoms with Crippen LogP contribution in [0.15, 0.2) is 24.3 Å². The quantitative estimate of drug-likeness (QED) is 0.887. The largest absolute Gasteiger partial charge is 0.351 e. The number of carbonyl (C=O) groups is 1. The summed E-state index contributed by atoms with van der Waals surface area (Å²) in [6.45, 7) is 3.77. The van der Waals surface area contributed by atoms with Crippen LogP contribution in [0, 0.1) is 6.92 Å². The molecular weight excluding hydrogens is 288 g/mol. The van der Waals surface area contributed by atoms with Gasteiger partial charge in [0.15, 0.2) is 9.84 Å². The van der Waals surface area contributed by atoms with Gasteiger partial charge in [0.25, 0.3) is 5.91 Å². The van der Waals surface area contributed by atoms with E-state index >= 15 is 0 Å². The molecule has 0 bridgehead atoms. The van der Waals surface area contributed by atoms with E-state index in [4.69, 9.17) is 0 Å². The van der Waals surface area contributed by atoms with Crippen LogP contribution in [0.3, 0.4) is 0 Å². The zero-order chi connectivity index (χ0) is 15.3. The van der Waals surface area contributed by atoms with E-state index < -0.39 is 15.4 Å². The predicted octanol–water partition coefficient (Wildman–Crippen LogP) is 1.78. The number of rotatable bonds is 2. The number of fused-ring (bicyclic) bond motifs is 1. The molecule has 1 unspecified atom stereocenters. The lowest BCUT2D eigenvalue weighted by atomic mass is 10.0. The Bertz CT molecular complexity index is 823. The van der Waals surface area contributed by atoms with E-state index in [0.29, 0.717) is 12.1 Å². The van der Waals surface area contributed by atoms with Crippen LogP contribution in [0.5, 0.6) is 0 Å². The molecule has 1 saturated heterocycles. The van der Waals surface area contributed by atoms with E-state index in [1.165, 1.54) is 0 Å². The summed E-state index contributed by atoms with van der Waals surface area (Å²) in [5.74, 6) is -0.121. The zero-order valence-electron chi connectivity index (χ0n) is 12.1. The number of amides is 1. The molecule has 3 rings (SSSR count). The van der Waals surface area contributed by atoms with Crippen molar-refractivity contribution < 1.29 is 13.2 Å². The highest BCUT2D eigenvalue weighted by Crippen LogP contribution is 2.24. The molecule has 2 N–H and O–H groups in total. The number of hydrogen-bond donors (Lipinski definition) is 2. The second-order valence-corrected chi connectivity index (χ2v) is 8.31. The van der Waals surface area contributed by atoms with Crippen LogP contribution in [0.25, 0.3) is 10.9 Å². The number of nitrogens with one attached hydrogen (secondary N) is 2. The normalized spacial score (nSPS) is 24.3. The van der Waals surface area contributed by atoms with Gasteiger partial charge in [-0.1, -0.05) is 12.1 Å². The summed E-state index contributed by atoms with van der Waals surface area (Å²) in [7, 11) is -3.04. The molecule has 1 aliphatic rings. The van der Waals surface area contributed by atoms with Crippen LogP contribution >= 0.6 is 0 Å². The third-order valence-corrected chi connectivity index (χ3v) is 5.84. The summed E-state index contributed by atoms with van der Waals surface area (Å²) in [6, 6.07) is 7.72. The number of H-pyrrole nitrogens is 1. The monoisotopic (exact) mass is 306 g/mol. The fourth-order valence-electron chi connectivity index (χ4n) is 2.81. The Morgan fingerprint density at radius 2 is 2.10 bits per heavy atom. The van der Waals surface area contributed by atoms with Crippen LogP contribution in [0.2, 0.25) is 0 Å². The number of carbonyl (C=O) groups excluding carboxylic acids is 1. The molecule has 21 heavy (non-hydrogen) atoms. The van der Waals surface area contributed by atoms with E-state index in [-0.39, 0.29) is 17.4 Å². The molecular formula is C15H18N2O3S. The van der Waals surface area contributed by atoms with Gasteiger partial charge in [-0.2, -0.15) is 0 Å². The van der Waals surface area contributed by atoms with Crippen molar-refractivity contribution in [2.45, 2.75) is 25.8 Å². The molecule has 2 heterocycles. The van der Waals surface area contributed by atoms with Gasteiger partial charge in [0, 0.05) is 10.9 Å². The lowest BCUT2D eigenvalue weighted by molar-refractivity contribution is 0.0911. The third kappa shape index (κ3) is 2.81. The first-order valence-corrected chi connectivity index (χ1v) is 8.71. The smallest absolute Gasteiger partial charge is 0.268 e. The number of hydrogen-bond acceptors (Lipinski definition) is 3. The fraction of sp³-hybridized carbons (Fsp3) is 0.400. The van der Waals surface area contributed by atoms with Gasteiger partial charge in [0.1, 0.15) is 5.69 Å². The minimum absolute atomic E-state index is 0.00504. The number of benzene rings is 1. The van der Waals surface area contributed by atoms with Gasteiger partial charge in [-0.05, 0) is 38.0 Å². The Kier molecular flexibility index (Phi) is 3.09. The molecule has 1 amide bonds. The Morgan fingerprint density at radius 1 is 1.33 bits per heavy atom.